The van der Waals surface area contributed by atoms with Crippen molar-refractivity contribution in [3.8, 4) is 0 Å². The number of carbonyl (C=O) groups is 1. The Morgan fingerprint density at radius 2 is 2.06 bits per heavy atom. The third-order valence-corrected chi connectivity index (χ3v) is 4.17. The second-order valence-corrected chi connectivity index (χ2v) is 5.23. The summed E-state index contributed by atoms with van der Waals surface area (Å²) in [5, 5.41) is 2.99. The maximum absolute atomic E-state index is 13.4. The lowest BCUT2D eigenvalue weighted by Gasteiger charge is -2.22. The van der Waals surface area contributed by atoms with Gasteiger partial charge in [0.05, 0.1) is 5.56 Å². The summed E-state index contributed by atoms with van der Waals surface area (Å²) in [7, 11) is 0. The first-order valence-electron chi connectivity index (χ1n) is 6.29. The van der Waals surface area contributed by atoms with Crippen molar-refractivity contribution in [2.75, 3.05) is 0 Å². The van der Waals surface area contributed by atoms with Crippen molar-refractivity contribution in [3.05, 3.63) is 35.6 Å². The molecule has 1 aromatic rings. The van der Waals surface area contributed by atoms with Gasteiger partial charge in [-0.3, -0.25) is 4.79 Å². The molecule has 3 unspecified atom stereocenters. The standard InChI is InChI=1S/C14H16FNO/c15-12-4-2-1-3-11(12)14(17)16-13-8-9-5-6-10(13)7-9/h1-4,9-10,13H,5-8H2,(H,16,17). The summed E-state index contributed by atoms with van der Waals surface area (Å²) in [5.41, 5.74) is 0.162. The molecule has 90 valence electrons. The highest BCUT2D eigenvalue weighted by Crippen LogP contribution is 2.44. The van der Waals surface area contributed by atoms with Crippen LogP contribution in [0.1, 0.15) is 36.0 Å². The highest BCUT2D eigenvalue weighted by atomic mass is 19.1. The van der Waals surface area contributed by atoms with Gasteiger partial charge < -0.3 is 5.32 Å². The first kappa shape index (κ1) is 10.8. The summed E-state index contributed by atoms with van der Waals surface area (Å²) in [4.78, 5) is 11.9. The minimum absolute atomic E-state index is 0.162. The van der Waals surface area contributed by atoms with Gasteiger partial charge in [-0.25, -0.2) is 4.39 Å². The number of hydrogen-bond acceptors (Lipinski definition) is 1. The fraction of sp³-hybridized carbons (Fsp3) is 0.500. The molecule has 0 heterocycles. The topological polar surface area (TPSA) is 29.1 Å². The van der Waals surface area contributed by atoms with Gasteiger partial charge in [-0.15, -0.1) is 0 Å². The Kier molecular flexibility index (Phi) is 2.61. The fourth-order valence-corrected chi connectivity index (χ4v) is 3.31. The Labute approximate surface area is 100 Å². The fourth-order valence-electron chi connectivity index (χ4n) is 3.31. The summed E-state index contributed by atoms with van der Waals surface area (Å²) in [6.07, 6.45) is 4.83. The molecule has 2 fully saturated rings. The van der Waals surface area contributed by atoms with Crippen LogP contribution in [0, 0.1) is 17.7 Å². The van der Waals surface area contributed by atoms with Crippen LogP contribution >= 0.6 is 0 Å². The average molecular weight is 233 g/mol. The highest BCUT2D eigenvalue weighted by Gasteiger charge is 2.40. The zero-order valence-corrected chi connectivity index (χ0v) is 9.66. The summed E-state index contributed by atoms with van der Waals surface area (Å²) < 4.78 is 13.4. The van der Waals surface area contributed by atoms with Gasteiger partial charge >= 0.3 is 0 Å². The van der Waals surface area contributed by atoms with Crippen molar-refractivity contribution in [1.82, 2.24) is 5.32 Å². The molecule has 17 heavy (non-hydrogen) atoms. The lowest BCUT2D eigenvalue weighted by Crippen LogP contribution is -2.38. The lowest BCUT2D eigenvalue weighted by molar-refractivity contribution is 0.0919. The second kappa shape index (κ2) is 4.13. The van der Waals surface area contributed by atoms with Crippen LogP contribution in [0.25, 0.3) is 0 Å². The van der Waals surface area contributed by atoms with E-state index in [-0.39, 0.29) is 17.5 Å². The number of benzene rings is 1. The van der Waals surface area contributed by atoms with E-state index in [1.165, 1.54) is 31.4 Å². The van der Waals surface area contributed by atoms with Gasteiger partial charge in [-0.2, -0.15) is 0 Å². The lowest BCUT2D eigenvalue weighted by atomic mass is 9.95. The van der Waals surface area contributed by atoms with Gasteiger partial charge in [0.25, 0.3) is 5.91 Å². The molecule has 1 amide bonds. The van der Waals surface area contributed by atoms with E-state index in [2.05, 4.69) is 5.32 Å². The third-order valence-electron chi connectivity index (χ3n) is 4.17. The smallest absolute Gasteiger partial charge is 0.254 e. The van der Waals surface area contributed by atoms with Gasteiger partial charge in [-0.1, -0.05) is 18.6 Å². The van der Waals surface area contributed by atoms with E-state index in [0.29, 0.717) is 5.92 Å². The Morgan fingerprint density at radius 3 is 2.71 bits per heavy atom. The number of amides is 1. The van der Waals surface area contributed by atoms with Crippen LogP contribution in [0.2, 0.25) is 0 Å². The third kappa shape index (κ3) is 1.94. The van der Waals surface area contributed by atoms with Crippen LogP contribution in [-0.4, -0.2) is 11.9 Å². The molecule has 2 bridgehead atoms. The van der Waals surface area contributed by atoms with Crippen molar-refractivity contribution in [2.24, 2.45) is 11.8 Å². The molecule has 3 heteroatoms. The molecule has 2 aliphatic carbocycles. The van der Waals surface area contributed by atoms with Gasteiger partial charge in [0.15, 0.2) is 0 Å². The zero-order chi connectivity index (χ0) is 11.8. The number of fused-ring (bicyclic) bond motifs is 2. The minimum Gasteiger partial charge on any atom is -0.349 e. The molecule has 1 N–H and O–H groups in total. The Bertz CT molecular complexity index is 446. The minimum atomic E-state index is -0.437. The largest absolute Gasteiger partial charge is 0.349 e. The molecule has 0 aromatic heterocycles. The maximum Gasteiger partial charge on any atom is 0.254 e. The highest BCUT2D eigenvalue weighted by molar-refractivity contribution is 5.94. The molecule has 0 spiro atoms. The molecule has 0 radical (unpaired) electrons. The summed E-state index contributed by atoms with van der Waals surface area (Å²) in [5.74, 6) is 0.704. The molecule has 0 saturated heterocycles. The monoisotopic (exact) mass is 233 g/mol. The zero-order valence-electron chi connectivity index (χ0n) is 9.66. The molecule has 2 nitrogen and oxygen atoms in total. The average Bonchev–Trinajstić information content (AvgIpc) is 2.91. The molecular formula is C14H16FNO. The molecule has 1 aromatic carbocycles. The number of carbonyl (C=O) groups excluding carboxylic acids is 1. The predicted molar refractivity (Wildman–Crippen MR) is 63.1 cm³/mol. The number of hydrogen-bond donors (Lipinski definition) is 1. The summed E-state index contributed by atoms with van der Waals surface area (Å²) >= 11 is 0. The van der Waals surface area contributed by atoms with E-state index in [9.17, 15) is 9.18 Å². The van der Waals surface area contributed by atoms with Crippen molar-refractivity contribution in [3.63, 3.8) is 0 Å². The van der Waals surface area contributed by atoms with Crippen molar-refractivity contribution < 1.29 is 9.18 Å². The Morgan fingerprint density at radius 1 is 1.24 bits per heavy atom. The van der Waals surface area contributed by atoms with Crippen LogP contribution in [-0.2, 0) is 0 Å². The number of rotatable bonds is 2. The van der Waals surface area contributed by atoms with Crippen LogP contribution < -0.4 is 5.32 Å². The number of nitrogens with one attached hydrogen (secondary N) is 1. The quantitative estimate of drug-likeness (QED) is 0.836. The van der Waals surface area contributed by atoms with E-state index in [1.54, 1.807) is 12.1 Å². The first-order chi connectivity index (χ1) is 8.24. The van der Waals surface area contributed by atoms with E-state index in [4.69, 9.17) is 0 Å². The van der Waals surface area contributed by atoms with Gasteiger partial charge in [0.2, 0.25) is 0 Å². The van der Waals surface area contributed by atoms with Crippen molar-refractivity contribution >= 4 is 5.91 Å². The van der Waals surface area contributed by atoms with E-state index < -0.39 is 5.82 Å². The second-order valence-electron chi connectivity index (χ2n) is 5.23. The molecule has 3 atom stereocenters. The predicted octanol–water partition coefficient (Wildman–Crippen LogP) is 2.74. The van der Waals surface area contributed by atoms with Crippen LogP contribution in [0.15, 0.2) is 24.3 Å². The summed E-state index contributed by atoms with van der Waals surface area (Å²) in [6.45, 7) is 0. The molecule has 2 aliphatic rings. The van der Waals surface area contributed by atoms with Gasteiger partial charge in [0, 0.05) is 6.04 Å². The molecular weight excluding hydrogens is 217 g/mol. The van der Waals surface area contributed by atoms with Crippen LogP contribution in [0.4, 0.5) is 4.39 Å². The van der Waals surface area contributed by atoms with E-state index in [0.717, 1.165) is 12.3 Å². The van der Waals surface area contributed by atoms with E-state index in [1.807, 2.05) is 0 Å². The SMILES string of the molecule is O=C(NC1CC2CCC1C2)c1ccccc1F. The molecule has 2 saturated carbocycles. The van der Waals surface area contributed by atoms with Crippen molar-refractivity contribution in [1.29, 1.82) is 0 Å². The van der Waals surface area contributed by atoms with Gasteiger partial charge in [0.1, 0.15) is 5.82 Å². The molecule has 0 aliphatic heterocycles. The first-order valence-corrected chi connectivity index (χ1v) is 6.29. The van der Waals surface area contributed by atoms with Gasteiger partial charge in [-0.05, 0) is 43.2 Å². The van der Waals surface area contributed by atoms with Crippen LogP contribution in [0.3, 0.4) is 0 Å². The van der Waals surface area contributed by atoms with E-state index >= 15 is 0 Å². The Balaban J connectivity index is 1.70. The number of halogens is 1. The normalized spacial score (nSPS) is 30.5. The Hall–Kier alpha value is -1.38. The molecule has 3 rings (SSSR count). The maximum atomic E-state index is 13.4. The van der Waals surface area contributed by atoms with Crippen LogP contribution in [0.5, 0.6) is 0 Å². The summed E-state index contributed by atoms with van der Waals surface area (Å²) in [6, 6.07) is 6.43. The van der Waals surface area contributed by atoms with Crippen molar-refractivity contribution in [2.45, 2.75) is 31.7 Å².